The maximum absolute atomic E-state index is 14.7. The van der Waals surface area contributed by atoms with Crippen LogP contribution in [0, 0.1) is 5.82 Å². The Bertz CT molecular complexity index is 1390. The first-order valence-electron chi connectivity index (χ1n) is 13.3. The molecule has 39 heavy (non-hydrogen) atoms. The summed E-state index contributed by atoms with van der Waals surface area (Å²) in [6, 6.07) is 3.06. The van der Waals surface area contributed by atoms with Crippen LogP contribution in [0.25, 0.3) is 5.65 Å². The molecule has 5 rings (SSSR count). The van der Waals surface area contributed by atoms with Crippen LogP contribution in [-0.4, -0.2) is 63.2 Å². The van der Waals surface area contributed by atoms with Crippen molar-refractivity contribution < 1.29 is 28.2 Å². The molecular formula is C28H34FN5O5. The zero-order chi connectivity index (χ0) is 27.7. The lowest BCUT2D eigenvalue weighted by atomic mass is 9.91. The SMILES string of the molecule is CCOC(=O)c1cn2c(NCc3c(F)ccc4c3CCO4)ncc(C3CCN(C(=O)OC(C)(C)C)CC3)c2n1. The summed E-state index contributed by atoms with van der Waals surface area (Å²) in [5, 5.41) is 3.23. The number of aromatic nitrogens is 3. The molecule has 2 aliphatic rings. The highest BCUT2D eigenvalue weighted by atomic mass is 19.1. The smallest absolute Gasteiger partial charge is 0.410 e. The maximum Gasteiger partial charge on any atom is 0.410 e. The number of amides is 1. The highest BCUT2D eigenvalue weighted by molar-refractivity contribution is 5.88. The molecule has 1 aromatic carbocycles. The van der Waals surface area contributed by atoms with Gasteiger partial charge >= 0.3 is 12.1 Å². The summed E-state index contributed by atoms with van der Waals surface area (Å²) in [7, 11) is 0. The van der Waals surface area contributed by atoms with Crippen LogP contribution >= 0.6 is 0 Å². The van der Waals surface area contributed by atoms with Crippen LogP contribution in [0.3, 0.4) is 0 Å². The Morgan fingerprint density at radius 1 is 1.23 bits per heavy atom. The molecule has 0 atom stereocenters. The minimum Gasteiger partial charge on any atom is -0.493 e. The first-order chi connectivity index (χ1) is 18.6. The third-order valence-electron chi connectivity index (χ3n) is 6.95. The number of hydrogen-bond donors (Lipinski definition) is 1. The molecule has 0 saturated carbocycles. The van der Waals surface area contributed by atoms with E-state index in [1.165, 1.54) is 6.07 Å². The molecule has 11 heteroatoms. The number of carbonyl (C=O) groups is 2. The highest BCUT2D eigenvalue weighted by Crippen LogP contribution is 2.33. The predicted molar refractivity (Wildman–Crippen MR) is 142 cm³/mol. The van der Waals surface area contributed by atoms with Crippen LogP contribution in [0.15, 0.2) is 24.5 Å². The fourth-order valence-electron chi connectivity index (χ4n) is 5.09. The third kappa shape index (κ3) is 5.62. The number of carbonyl (C=O) groups excluding carboxylic acids is 2. The number of benzene rings is 1. The van der Waals surface area contributed by atoms with E-state index in [9.17, 15) is 14.0 Å². The van der Waals surface area contributed by atoms with Gasteiger partial charge in [-0.05, 0) is 58.6 Å². The van der Waals surface area contributed by atoms with Crippen LogP contribution in [0.1, 0.15) is 73.6 Å². The number of nitrogens with zero attached hydrogens (tertiary/aromatic N) is 4. The van der Waals surface area contributed by atoms with Gasteiger partial charge in [0.15, 0.2) is 5.69 Å². The molecule has 0 radical (unpaired) electrons. The molecule has 0 aliphatic carbocycles. The summed E-state index contributed by atoms with van der Waals surface area (Å²) in [5.41, 5.74) is 2.45. The number of likely N-dealkylation sites (tertiary alicyclic amines) is 1. The van der Waals surface area contributed by atoms with Crippen molar-refractivity contribution in [2.24, 2.45) is 0 Å². The number of halogens is 1. The van der Waals surface area contributed by atoms with Crippen molar-refractivity contribution in [1.29, 1.82) is 0 Å². The van der Waals surface area contributed by atoms with E-state index in [4.69, 9.17) is 14.2 Å². The van der Waals surface area contributed by atoms with Crippen LogP contribution in [-0.2, 0) is 22.4 Å². The van der Waals surface area contributed by atoms with Crippen LogP contribution < -0.4 is 10.1 Å². The molecule has 0 unspecified atom stereocenters. The number of anilines is 1. The number of esters is 1. The van der Waals surface area contributed by atoms with Gasteiger partial charge in [-0.1, -0.05) is 0 Å². The van der Waals surface area contributed by atoms with Gasteiger partial charge in [0.2, 0.25) is 5.95 Å². The van der Waals surface area contributed by atoms with Crippen molar-refractivity contribution in [2.45, 2.75) is 65.0 Å². The molecule has 0 bridgehead atoms. The fraction of sp³-hybridized carbons (Fsp3) is 0.500. The number of nitrogens with one attached hydrogen (secondary N) is 1. The second-order valence-corrected chi connectivity index (χ2v) is 10.8. The summed E-state index contributed by atoms with van der Waals surface area (Å²) < 4.78 is 32.7. The number of imidazole rings is 1. The van der Waals surface area contributed by atoms with Crippen molar-refractivity contribution in [2.75, 3.05) is 31.6 Å². The molecule has 1 fully saturated rings. The number of hydrogen-bond acceptors (Lipinski definition) is 8. The zero-order valence-corrected chi connectivity index (χ0v) is 22.8. The Balaban J connectivity index is 1.40. The summed E-state index contributed by atoms with van der Waals surface area (Å²) in [6.45, 7) is 9.32. The molecule has 1 N–H and O–H groups in total. The summed E-state index contributed by atoms with van der Waals surface area (Å²) in [4.78, 5) is 36.0. The second kappa shape index (κ2) is 10.7. The highest BCUT2D eigenvalue weighted by Gasteiger charge is 2.30. The Kier molecular flexibility index (Phi) is 7.33. The largest absolute Gasteiger partial charge is 0.493 e. The van der Waals surface area contributed by atoms with E-state index >= 15 is 0 Å². The topological polar surface area (TPSA) is 107 Å². The molecule has 3 aromatic rings. The van der Waals surface area contributed by atoms with Gasteiger partial charge in [0.1, 0.15) is 22.8 Å². The number of rotatable bonds is 6. The van der Waals surface area contributed by atoms with E-state index in [0.717, 1.165) is 11.1 Å². The lowest BCUT2D eigenvalue weighted by Crippen LogP contribution is -2.41. The molecule has 1 amide bonds. The van der Waals surface area contributed by atoms with E-state index < -0.39 is 11.6 Å². The molecule has 2 aliphatic heterocycles. The van der Waals surface area contributed by atoms with Crippen molar-refractivity contribution in [1.82, 2.24) is 19.3 Å². The van der Waals surface area contributed by atoms with Crippen molar-refractivity contribution in [3.8, 4) is 5.75 Å². The molecular weight excluding hydrogens is 505 g/mol. The molecule has 2 aromatic heterocycles. The van der Waals surface area contributed by atoms with Gasteiger partial charge in [-0.3, -0.25) is 4.40 Å². The first kappa shape index (κ1) is 26.7. The standard InChI is InChI=1S/C28H34FN5O5/c1-5-37-25(35)22-16-34-24(32-22)19(17-8-11-33(12-9-17)27(36)39-28(2,3)4)14-30-26(34)31-15-20-18-10-13-38-23(18)7-6-21(20)29/h6-7,14,16-17H,5,8-13,15H2,1-4H3,(H,30,31). The maximum atomic E-state index is 14.7. The lowest BCUT2D eigenvalue weighted by molar-refractivity contribution is 0.0204. The quantitative estimate of drug-likeness (QED) is 0.449. The van der Waals surface area contributed by atoms with Gasteiger partial charge in [-0.25, -0.2) is 23.9 Å². The van der Waals surface area contributed by atoms with Crippen molar-refractivity contribution in [3.63, 3.8) is 0 Å². The molecule has 1 saturated heterocycles. The molecule has 4 heterocycles. The average molecular weight is 540 g/mol. The minimum atomic E-state index is -0.554. The van der Waals surface area contributed by atoms with Gasteiger partial charge in [-0.2, -0.15) is 0 Å². The molecule has 208 valence electrons. The Morgan fingerprint density at radius 3 is 2.72 bits per heavy atom. The second-order valence-electron chi connectivity index (χ2n) is 10.8. The van der Waals surface area contributed by atoms with Gasteiger partial charge in [0, 0.05) is 55.1 Å². The number of ether oxygens (including phenoxy) is 3. The Hall–Kier alpha value is -3.89. The van der Waals surface area contributed by atoms with Crippen molar-refractivity contribution >= 4 is 23.7 Å². The minimum absolute atomic E-state index is 0.0807. The normalized spacial score (nSPS) is 15.7. The number of piperidine rings is 1. The predicted octanol–water partition coefficient (Wildman–Crippen LogP) is 4.71. The van der Waals surface area contributed by atoms with E-state index in [0.29, 0.717) is 61.9 Å². The summed E-state index contributed by atoms with van der Waals surface area (Å²) >= 11 is 0. The fourth-order valence-corrected chi connectivity index (χ4v) is 5.09. The number of fused-ring (bicyclic) bond motifs is 2. The Labute approximate surface area is 226 Å². The average Bonchev–Trinajstić information content (AvgIpc) is 3.55. The van der Waals surface area contributed by atoms with E-state index in [2.05, 4.69) is 15.3 Å². The van der Waals surface area contributed by atoms with Gasteiger partial charge in [0.05, 0.1) is 13.2 Å². The zero-order valence-electron chi connectivity index (χ0n) is 22.8. The van der Waals surface area contributed by atoms with Gasteiger partial charge in [-0.15, -0.1) is 0 Å². The first-order valence-corrected chi connectivity index (χ1v) is 13.3. The van der Waals surface area contributed by atoms with Crippen LogP contribution in [0.5, 0.6) is 5.75 Å². The monoisotopic (exact) mass is 539 g/mol. The molecule has 0 spiro atoms. The Morgan fingerprint density at radius 2 is 2.00 bits per heavy atom. The molecule has 10 nitrogen and oxygen atoms in total. The van der Waals surface area contributed by atoms with Crippen LogP contribution in [0.4, 0.5) is 15.1 Å². The van der Waals surface area contributed by atoms with Crippen molar-refractivity contribution in [3.05, 3.63) is 52.7 Å². The van der Waals surface area contributed by atoms with E-state index in [1.54, 1.807) is 34.7 Å². The van der Waals surface area contributed by atoms with Crippen LogP contribution in [0.2, 0.25) is 0 Å². The summed E-state index contributed by atoms with van der Waals surface area (Å²) in [5.74, 6) is 0.374. The lowest BCUT2D eigenvalue weighted by Gasteiger charge is -2.33. The summed E-state index contributed by atoms with van der Waals surface area (Å²) in [6.07, 6.45) is 5.07. The van der Waals surface area contributed by atoms with Gasteiger partial charge < -0.3 is 24.4 Å². The van der Waals surface area contributed by atoms with E-state index in [1.807, 2.05) is 20.8 Å². The van der Waals surface area contributed by atoms with Gasteiger partial charge in [0.25, 0.3) is 0 Å². The third-order valence-corrected chi connectivity index (χ3v) is 6.95. The van der Waals surface area contributed by atoms with E-state index in [-0.39, 0.29) is 36.7 Å².